The van der Waals surface area contributed by atoms with Gasteiger partial charge in [0.1, 0.15) is 6.54 Å². The van der Waals surface area contributed by atoms with Gasteiger partial charge >= 0.3 is 18.0 Å². The smallest absolute Gasteiger partial charge is 0.332 e. The van der Waals surface area contributed by atoms with Crippen LogP contribution in [0.15, 0.2) is 0 Å². The number of hydrogen-bond donors (Lipinski definition) is 3. The average Bonchev–Trinajstić information content (AvgIpc) is 2.34. The molecule has 3 N–H and O–H groups in total. The van der Waals surface area contributed by atoms with Crippen molar-refractivity contribution >= 4 is 18.0 Å². The Balaban J connectivity index is 4.05. The van der Waals surface area contributed by atoms with Gasteiger partial charge in [0.05, 0.1) is 7.11 Å². The topological polar surface area (TPSA) is 116 Å². The predicted octanol–water partition coefficient (Wildman–Crippen LogP) is -0.973. The van der Waals surface area contributed by atoms with Crippen LogP contribution in [0.25, 0.3) is 0 Å². The Labute approximate surface area is 105 Å². The van der Waals surface area contributed by atoms with Crippen molar-refractivity contribution in [3.63, 3.8) is 0 Å². The Hall–Kier alpha value is -1.83. The maximum absolute atomic E-state index is 11.6. The fourth-order valence-electron chi connectivity index (χ4n) is 1.10. The van der Waals surface area contributed by atoms with Crippen LogP contribution in [-0.2, 0) is 14.3 Å². The van der Waals surface area contributed by atoms with E-state index in [1.165, 1.54) is 12.0 Å². The predicted molar refractivity (Wildman–Crippen MR) is 60.9 cm³/mol. The molecule has 0 saturated heterocycles. The van der Waals surface area contributed by atoms with Crippen molar-refractivity contribution in [1.82, 2.24) is 10.2 Å². The van der Waals surface area contributed by atoms with Crippen LogP contribution in [0.1, 0.15) is 13.3 Å². The minimum absolute atomic E-state index is 0.00394. The number of rotatable bonds is 7. The molecule has 0 aliphatic carbocycles. The van der Waals surface area contributed by atoms with Gasteiger partial charge in [-0.3, -0.25) is 4.79 Å². The van der Waals surface area contributed by atoms with Gasteiger partial charge in [-0.15, -0.1) is 0 Å². The first-order valence-corrected chi connectivity index (χ1v) is 5.42. The molecule has 0 bridgehead atoms. The van der Waals surface area contributed by atoms with Crippen molar-refractivity contribution in [3.8, 4) is 0 Å². The van der Waals surface area contributed by atoms with E-state index in [1.54, 1.807) is 6.92 Å². The number of aliphatic hydroxyl groups excluding tert-OH is 1. The van der Waals surface area contributed by atoms with Crippen LogP contribution in [0.2, 0.25) is 0 Å². The van der Waals surface area contributed by atoms with Crippen molar-refractivity contribution in [2.24, 2.45) is 0 Å². The minimum Gasteiger partial charge on any atom is -0.479 e. The van der Waals surface area contributed by atoms with Gasteiger partial charge in [-0.05, 0) is 6.92 Å². The highest BCUT2D eigenvalue weighted by Gasteiger charge is 2.17. The highest BCUT2D eigenvalue weighted by atomic mass is 16.5. The summed E-state index contributed by atoms with van der Waals surface area (Å²) in [4.78, 5) is 34.1. The lowest BCUT2D eigenvalue weighted by Gasteiger charge is -2.20. The van der Waals surface area contributed by atoms with Crippen LogP contribution in [0.3, 0.4) is 0 Å². The van der Waals surface area contributed by atoms with E-state index in [9.17, 15) is 14.4 Å². The van der Waals surface area contributed by atoms with Crippen molar-refractivity contribution in [2.75, 3.05) is 26.7 Å². The van der Waals surface area contributed by atoms with Crippen LogP contribution in [0.4, 0.5) is 4.79 Å². The Bertz CT molecular complexity index is 307. The molecule has 0 aromatic carbocycles. The monoisotopic (exact) mass is 262 g/mol. The Morgan fingerprint density at radius 3 is 2.44 bits per heavy atom. The molecular formula is C10H18N2O6. The van der Waals surface area contributed by atoms with E-state index >= 15 is 0 Å². The maximum atomic E-state index is 11.6. The molecule has 0 aromatic heterocycles. The van der Waals surface area contributed by atoms with E-state index in [-0.39, 0.29) is 19.5 Å². The summed E-state index contributed by atoms with van der Waals surface area (Å²) in [6.45, 7) is 1.82. The molecule has 2 amide bonds. The van der Waals surface area contributed by atoms with Crippen LogP contribution in [-0.4, -0.2) is 65.9 Å². The minimum atomic E-state index is -1.51. The number of aliphatic carboxylic acids is 1. The summed E-state index contributed by atoms with van der Waals surface area (Å²) in [5, 5.41) is 19.8. The molecule has 8 heteroatoms. The first-order valence-electron chi connectivity index (χ1n) is 5.42. The normalized spacial score (nSPS) is 11.5. The molecular weight excluding hydrogens is 244 g/mol. The van der Waals surface area contributed by atoms with Crippen LogP contribution in [0.5, 0.6) is 0 Å². The second-order valence-electron chi connectivity index (χ2n) is 3.46. The number of amides is 2. The lowest BCUT2D eigenvalue weighted by Crippen LogP contribution is -2.43. The van der Waals surface area contributed by atoms with Gasteiger partial charge in [0.15, 0.2) is 6.10 Å². The summed E-state index contributed by atoms with van der Waals surface area (Å²) in [5.74, 6) is -1.89. The standard InChI is InChI=1S/C10H18N2O6/c1-3-12(6-8(14)18-2)10(17)11-5-4-7(13)9(15)16/h7,13H,3-6H2,1-2H3,(H,11,17)(H,15,16)/t7-/m0/s1. The number of likely N-dealkylation sites (N-methyl/N-ethyl adjacent to an activating group) is 1. The number of ether oxygens (including phenoxy) is 1. The SMILES string of the molecule is CCN(CC(=O)OC)C(=O)NCC[C@H](O)C(=O)O. The Morgan fingerprint density at radius 1 is 1.39 bits per heavy atom. The molecule has 1 atom stereocenters. The van der Waals surface area contributed by atoms with Gasteiger partial charge in [-0.25, -0.2) is 9.59 Å². The van der Waals surface area contributed by atoms with E-state index in [1.807, 2.05) is 0 Å². The average molecular weight is 262 g/mol. The molecule has 0 fully saturated rings. The molecule has 0 aliphatic heterocycles. The van der Waals surface area contributed by atoms with Crippen LogP contribution >= 0.6 is 0 Å². The summed E-state index contributed by atoms with van der Waals surface area (Å²) in [5.41, 5.74) is 0. The number of carboxylic acids is 1. The number of hydrogen-bond acceptors (Lipinski definition) is 5. The number of nitrogens with one attached hydrogen (secondary N) is 1. The number of urea groups is 1. The molecule has 0 aromatic rings. The Morgan fingerprint density at radius 2 is 2.00 bits per heavy atom. The number of carboxylic acid groups (broad SMARTS) is 1. The zero-order valence-corrected chi connectivity index (χ0v) is 10.4. The van der Waals surface area contributed by atoms with Gasteiger partial charge in [-0.2, -0.15) is 0 Å². The van der Waals surface area contributed by atoms with Crippen molar-refractivity contribution in [2.45, 2.75) is 19.4 Å². The number of methoxy groups -OCH3 is 1. The van der Waals surface area contributed by atoms with E-state index in [4.69, 9.17) is 10.2 Å². The van der Waals surface area contributed by atoms with Crippen molar-refractivity contribution in [1.29, 1.82) is 0 Å². The molecule has 18 heavy (non-hydrogen) atoms. The highest BCUT2D eigenvalue weighted by Crippen LogP contribution is 1.93. The number of aliphatic hydroxyl groups is 1. The van der Waals surface area contributed by atoms with Crippen molar-refractivity contribution in [3.05, 3.63) is 0 Å². The summed E-state index contributed by atoms with van der Waals surface area (Å²) < 4.78 is 4.43. The quantitative estimate of drug-likeness (QED) is 0.508. The molecule has 0 spiro atoms. The first-order chi connectivity index (χ1) is 8.42. The van der Waals surface area contributed by atoms with E-state index in [2.05, 4.69) is 10.1 Å². The fraction of sp³-hybridized carbons (Fsp3) is 0.700. The third kappa shape index (κ3) is 6.04. The van der Waals surface area contributed by atoms with Crippen LogP contribution < -0.4 is 5.32 Å². The van der Waals surface area contributed by atoms with Gasteiger partial charge in [-0.1, -0.05) is 0 Å². The highest BCUT2D eigenvalue weighted by molar-refractivity contribution is 5.80. The number of carbonyl (C=O) groups is 3. The summed E-state index contributed by atoms with van der Waals surface area (Å²) in [6.07, 6.45) is -1.61. The van der Waals surface area contributed by atoms with Gasteiger partial charge < -0.3 is 25.2 Å². The lowest BCUT2D eigenvalue weighted by molar-refractivity contribution is -0.146. The molecule has 104 valence electrons. The van der Waals surface area contributed by atoms with Gasteiger partial charge in [0.25, 0.3) is 0 Å². The third-order valence-corrected chi connectivity index (χ3v) is 2.20. The van der Waals surface area contributed by atoms with E-state index < -0.39 is 24.1 Å². The molecule has 0 aliphatic rings. The number of esters is 1. The molecule has 0 rings (SSSR count). The second-order valence-corrected chi connectivity index (χ2v) is 3.46. The summed E-state index contributed by atoms with van der Waals surface area (Å²) in [7, 11) is 1.22. The third-order valence-electron chi connectivity index (χ3n) is 2.20. The molecule has 0 heterocycles. The second kappa shape index (κ2) is 8.29. The van der Waals surface area contributed by atoms with E-state index in [0.717, 1.165) is 0 Å². The van der Waals surface area contributed by atoms with Gasteiger partial charge in [0, 0.05) is 19.5 Å². The zero-order chi connectivity index (χ0) is 14.1. The molecule has 0 unspecified atom stereocenters. The van der Waals surface area contributed by atoms with Gasteiger partial charge in [0.2, 0.25) is 0 Å². The fourth-order valence-corrected chi connectivity index (χ4v) is 1.10. The number of carbonyl (C=O) groups excluding carboxylic acids is 2. The molecule has 0 radical (unpaired) electrons. The van der Waals surface area contributed by atoms with E-state index in [0.29, 0.717) is 6.54 Å². The Kier molecular flexibility index (Phi) is 7.45. The van der Waals surface area contributed by atoms with Crippen molar-refractivity contribution < 1.29 is 29.3 Å². The lowest BCUT2D eigenvalue weighted by atomic mass is 10.2. The maximum Gasteiger partial charge on any atom is 0.332 e. The zero-order valence-electron chi connectivity index (χ0n) is 10.4. The molecule has 8 nitrogen and oxygen atoms in total. The first kappa shape index (κ1) is 16.2. The molecule has 0 saturated carbocycles. The number of nitrogens with zero attached hydrogens (tertiary/aromatic N) is 1. The largest absolute Gasteiger partial charge is 0.479 e. The van der Waals surface area contributed by atoms with Crippen LogP contribution in [0, 0.1) is 0 Å². The summed E-state index contributed by atoms with van der Waals surface area (Å²) >= 11 is 0. The summed E-state index contributed by atoms with van der Waals surface area (Å²) in [6, 6.07) is -0.513.